The molecule has 0 fully saturated rings. The van der Waals surface area contributed by atoms with Crippen molar-refractivity contribution in [3.8, 4) is 17.6 Å². The van der Waals surface area contributed by atoms with Gasteiger partial charge in [-0.2, -0.15) is 0 Å². The fourth-order valence-electron chi connectivity index (χ4n) is 1.14. The minimum atomic E-state index is -0.383. The van der Waals surface area contributed by atoms with Crippen molar-refractivity contribution in [3.63, 3.8) is 0 Å². The van der Waals surface area contributed by atoms with Crippen LogP contribution in [0.5, 0.6) is 5.75 Å². The third kappa shape index (κ3) is 5.08. The lowest BCUT2D eigenvalue weighted by molar-refractivity contribution is 0.0715. The van der Waals surface area contributed by atoms with Crippen LogP contribution in [-0.4, -0.2) is 25.7 Å². The van der Waals surface area contributed by atoms with Crippen molar-refractivity contribution in [2.45, 2.75) is 13.0 Å². The number of ether oxygens (including phenoxy) is 2. The Morgan fingerprint density at radius 2 is 2.18 bits per heavy atom. The van der Waals surface area contributed by atoms with Crippen molar-refractivity contribution in [1.82, 2.24) is 0 Å². The molecule has 0 amide bonds. The molecule has 0 aliphatic carbocycles. The summed E-state index contributed by atoms with van der Waals surface area (Å²) in [4.78, 5) is 0. The second-order valence-electron chi connectivity index (χ2n) is 3.47. The Bertz CT molecular complexity index is 423. The maximum atomic E-state index is 13.2. The van der Waals surface area contributed by atoms with Gasteiger partial charge in [0.1, 0.15) is 18.2 Å². The molecule has 1 aromatic carbocycles. The average molecular weight is 257 g/mol. The van der Waals surface area contributed by atoms with Crippen LogP contribution >= 0.6 is 11.6 Å². The van der Waals surface area contributed by atoms with E-state index in [0.29, 0.717) is 17.9 Å². The first-order valence-corrected chi connectivity index (χ1v) is 5.70. The SMILES string of the molecule is COC(C)COc1cc(F)cc(C#CCCl)c1. The molecule has 0 saturated carbocycles. The van der Waals surface area contributed by atoms with Gasteiger partial charge in [0.15, 0.2) is 0 Å². The summed E-state index contributed by atoms with van der Waals surface area (Å²) in [5.74, 6) is 5.68. The smallest absolute Gasteiger partial charge is 0.128 e. The van der Waals surface area contributed by atoms with Crippen LogP contribution in [0, 0.1) is 17.7 Å². The number of methoxy groups -OCH3 is 1. The maximum absolute atomic E-state index is 13.2. The molecule has 1 unspecified atom stereocenters. The summed E-state index contributed by atoms with van der Waals surface area (Å²) < 4.78 is 23.7. The number of halogens is 2. The summed E-state index contributed by atoms with van der Waals surface area (Å²) in [6.45, 7) is 2.23. The van der Waals surface area contributed by atoms with E-state index >= 15 is 0 Å². The van der Waals surface area contributed by atoms with Crippen molar-refractivity contribution < 1.29 is 13.9 Å². The van der Waals surface area contributed by atoms with E-state index in [-0.39, 0.29) is 17.8 Å². The third-order valence-corrected chi connectivity index (χ3v) is 2.19. The van der Waals surface area contributed by atoms with Gasteiger partial charge in [0, 0.05) is 18.7 Å². The van der Waals surface area contributed by atoms with Gasteiger partial charge in [-0.25, -0.2) is 4.39 Å². The van der Waals surface area contributed by atoms with Gasteiger partial charge in [-0.3, -0.25) is 0 Å². The molecule has 2 nitrogen and oxygen atoms in total. The Hall–Kier alpha value is -1.24. The standard InChI is InChI=1S/C13H14ClFO2/c1-10(16-2)9-17-13-7-11(4-3-5-14)6-12(15)8-13/h6-8,10H,5,9H2,1-2H3. The second-order valence-corrected chi connectivity index (χ2v) is 3.74. The molecule has 0 aromatic heterocycles. The van der Waals surface area contributed by atoms with Gasteiger partial charge in [-0.05, 0) is 19.1 Å². The van der Waals surface area contributed by atoms with E-state index in [4.69, 9.17) is 21.1 Å². The quantitative estimate of drug-likeness (QED) is 0.609. The highest BCUT2D eigenvalue weighted by Gasteiger charge is 2.03. The molecule has 1 rings (SSSR count). The fourth-order valence-corrected chi connectivity index (χ4v) is 1.20. The summed E-state index contributed by atoms with van der Waals surface area (Å²) in [5, 5.41) is 0. The van der Waals surface area contributed by atoms with E-state index in [9.17, 15) is 4.39 Å². The maximum Gasteiger partial charge on any atom is 0.128 e. The molecule has 0 aliphatic rings. The minimum Gasteiger partial charge on any atom is -0.491 e. The zero-order valence-electron chi connectivity index (χ0n) is 9.80. The molecule has 92 valence electrons. The number of alkyl halides is 1. The predicted octanol–water partition coefficient (Wildman–Crippen LogP) is 2.83. The molecule has 0 N–H and O–H groups in total. The second kappa shape index (κ2) is 7.16. The van der Waals surface area contributed by atoms with Gasteiger partial charge < -0.3 is 9.47 Å². The van der Waals surface area contributed by atoms with Crippen LogP contribution in [0.1, 0.15) is 12.5 Å². The highest BCUT2D eigenvalue weighted by molar-refractivity contribution is 6.19. The van der Waals surface area contributed by atoms with Gasteiger partial charge in [0.2, 0.25) is 0 Å². The van der Waals surface area contributed by atoms with Crippen molar-refractivity contribution in [3.05, 3.63) is 29.6 Å². The zero-order valence-corrected chi connectivity index (χ0v) is 10.6. The van der Waals surface area contributed by atoms with E-state index in [1.54, 1.807) is 13.2 Å². The van der Waals surface area contributed by atoms with Crippen LogP contribution in [0.4, 0.5) is 4.39 Å². The lowest BCUT2D eigenvalue weighted by Gasteiger charge is -2.11. The molecular weight excluding hydrogens is 243 g/mol. The van der Waals surface area contributed by atoms with E-state index in [2.05, 4.69) is 11.8 Å². The van der Waals surface area contributed by atoms with Crippen LogP contribution in [-0.2, 0) is 4.74 Å². The summed E-state index contributed by atoms with van der Waals surface area (Å²) in [5.41, 5.74) is 0.547. The van der Waals surface area contributed by atoms with Gasteiger partial charge in [0.05, 0.1) is 12.0 Å². The van der Waals surface area contributed by atoms with Crippen LogP contribution in [0.3, 0.4) is 0 Å². The Kier molecular flexibility index (Phi) is 5.82. The highest BCUT2D eigenvalue weighted by Crippen LogP contribution is 2.16. The first-order valence-electron chi connectivity index (χ1n) is 5.16. The lowest BCUT2D eigenvalue weighted by Crippen LogP contribution is -2.16. The summed E-state index contributed by atoms with van der Waals surface area (Å²) in [7, 11) is 1.59. The van der Waals surface area contributed by atoms with Crippen molar-refractivity contribution in [1.29, 1.82) is 0 Å². The first kappa shape index (κ1) is 13.8. The van der Waals surface area contributed by atoms with Crippen LogP contribution in [0.2, 0.25) is 0 Å². The van der Waals surface area contributed by atoms with Crippen LogP contribution in [0.25, 0.3) is 0 Å². The number of benzene rings is 1. The predicted molar refractivity (Wildman–Crippen MR) is 66.0 cm³/mol. The van der Waals surface area contributed by atoms with Gasteiger partial charge in [-0.15, -0.1) is 11.6 Å². The van der Waals surface area contributed by atoms with E-state index in [1.165, 1.54) is 12.1 Å². The molecule has 0 radical (unpaired) electrons. The van der Waals surface area contributed by atoms with E-state index in [0.717, 1.165) is 0 Å². The van der Waals surface area contributed by atoms with Crippen LogP contribution < -0.4 is 4.74 Å². The summed E-state index contributed by atoms with van der Waals surface area (Å²) >= 11 is 5.44. The largest absolute Gasteiger partial charge is 0.491 e. The molecule has 0 heterocycles. The average Bonchev–Trinajstić information content (AvgIpc) is 2.32. The topological polar surface area (TPSA) is 18.5 Å². The van der Waals surface area contributed by atoms with Gasteiger partial charge in [0.25, 0.3) is 0 Å². The zero-order chi connectivity index (χ0) is 12.7. The number of rotatable bonds is 4. The van der Waals surface area contributed by atoms with E-state index in [1.807, 2.05) is 6.92 Å². The Balaban J connectivity index is 2.75. The van der Waals surface area contributed by atoms with Crippen molar-refractivity contribution in [2.24, 2.45) is 0 Å². The lowest BCUT2D eigenvalue weighted by atomic mass is 10.2. The van der Waals surface area contributed by atoms with Crippen LogP contribution in [0.15, 0.2) is 18.2 Å². The van der Waals surface area contributed by atoms with Gasteiger partial charge >= 0.3 is 0 Å². The Morgan fingerprint density at radius 1 is 1.41 bits per heavy atom. The molecule has 0 aliphatic heterocycles. The molecule has 0 spiro atoms. The molecule has 17 heavy (non-hydrogen) atoms. The number of hydrogen-bond donors (Lipinski definition) is 0. The van der Waals surface area contributed by atoms with E-state index < -0.39 is 0 Å². The summed E-state index contributed by atoms with van der Waals surface area (Å²) in [6.07, 6.45) is -0.0457. The minimum absolute atomic E-state index is 0.0457. The first-order chi connectivity index (χ1) is 8.15. The Morgan fingerprint density at radius 3 is 2.82 bits per heavy atom. The molecule has 1 aromatic rings. The number of hydrogen-bond acceptors (Lipinski definition) is 2. The molecular formula is C13H14ClFO2. The fraction of sp³-hybridized carbons (Fsp3) is 0.385. The molecule has 0 bridgehead atoms. The normalized spacial score (nSPS) is 11.5. The van der Waals surface area contributed by atoms with Crippen molar-refractivity contribution in [2.75, 3.05) is 19.6 Å². The molecule has 0 saturated heterocycles. The monoisotopic (exact) mass is 256 g/mol. The third-order valence-electron chi connectivity index (χ3n) is 2.06. The summed E-state index contributed by atoms with van der Waals surface area (Å²) in [6, 6.07) is 4.32. The Labute approximate surface area is 106 Å². The highest BCUT2D eigenvalue weighted by atomic mass is 35.5. The molecule has 1 atom stereocenters. The molecule has 4 heteroatoms. The van der Waals surface area contributed by atoms with Crippen molar-refractivity contribution >= 4 is 11.6 Å². The van der Waals surface area contributed by atoms with Gasteiger partial charge in [-0.1, -0.05) is 11.8 Å².